The molecule has 0 aliphatic rings. The van der Waals surface area contributed by atoms with Crippen molar-refractivity contribution in [3.05, 3.63) is 45.4 Å². The number of halogens is 2. The van der Waals surface area contributed by atoms with Crippen molar-refractivity contribution in [2.24, 2.45) is 0 Å². The molecule has 1 nitrogen and oxygen atoms in total. The van der Waals surface area contributed by atoms with Gasteiger partial charge in [-0.1, -0.05) is 39.2 Å². The molecule has 0 fully saturated rings. The number of hydrogen-bond acceptors (Lipinski definition) is 1. The molecule has 0 aliphatic heterocycles. The molecule has 0 saturated heterocycles. The Labute approximate surface area is 105 Å². The third kappa shape index (κ3) is 3.63. The molecular weight excluding hydrogens is 273 g/mol. The highest BCUT2D eigenvalue weighted by molar-refractivity contribution is 9.10. The normalized spacial score (nSPS) is 12.5. The van der Waals surface area contributed by atoms with Crippen LogP contribution in [0.15, 0.2) is 34.8 Å². The van der Waals surface area contributed by atoms with Gasteiger partial charge in [-0.05, 0) is 38.1 Å². The van der Waals surface area contributed by atoms with E-state index in [2.05, 4.69) is 27.8 Å². The summed E-state index contributed by atoms with van der Waals surface area (Å²) in [4.78, 5) is 0. The van der Waals surface area contributed by atoms with Gasteiger partial charge in [-0.3, -0.25) is 0 Å². The maximum Gasteiger partial charge on any atom is 0.0417 e. The fraction of sp³-hybridized carbons (Fsp3) is 0.333. The van der Waals surface area contributed by atoms with Gasteiger partial charge in [0, 0.05) is 15.5 Å². The maximum absolute atomic E-state index is 5.90. The summed E-state index contributed by atoms with van der Waals surface area (Å²) in [5, 5.41) is 4.02. The van der Waals surface area contributed by atoms with Crippen molar-refractivity contribution in [1.82, 2.24) is 5.32 Å². The van der Waals surface area contributed by atoms with Crippen LogP contribution in [0.25, 0.3) is 0 Å². The van der Waals surface area contributed by atoms with Gasteiger partial charge in [0.1, 0.15) is 0 Å². The van der Waals surface area contributed by atoms with E-state index in [1.807, 2.05) is 32.2 Å². The minimum atomic E-state index is 0.286. The zero-order valence-electron chi connectivity index (χ0n) is 8.98. The van der Waals surface area contributed by atoms with Crippen molar-refractivity contribution in [3.63, 3.8) is 0 Å². The Morgan fingerprint density at radius 2 is 2.27 bits per heavy atom. The highest BCUT2D eigenvalue weighted by atomic mass is 79.9. The van der Waals surface area contributed by atoms with Crippen molar-refractivity contribution in [1.29, 1.82) is 0 Å². The summed E-state index contributed by atoms with van der Waals surface area (Å²) in [5.74, 6) is 0. The first kappa shape index (κ1) is 12.8. The van der Waals surface area contributed by atoms with E-state index in [0.717, 1.165) is 21.5 Å². The van der Waals surface area contributed by atoms with E-state index in [4.69, 9.17) is 11.6 Å². The predicted molar refractivity (Wildman–Crippen MR) is 70.4 cm³/mol. The monoisotopic (exact) mass is 287 g/mol. The lowest BCUT2D eigenvalue weighted by Crippen LogP contribution is -2.17. The van der Waals surface area contributed by atoms with Crippen LogP contribution in [-0.2, 0) is 0 Å². The van der Waals surface area contributed by atoms with Crippen molar-refractivity contribution < 1.29 is 0 Å². The van der Waals surface area contributed by atoms with E-state index in [1.54, 1.807) is 0 Å². The largest absolute Gasteiger partial charge is 0.313 e. The van der Waals surface area contributed by atoms with Crippen LogP contribution in [0.5, 0.6) is 0 Å². The highest BCUT2D eigenvalue weighted by Gasteiger charge is 2.12. The van der Waals surface area contributed by atoms with E-state index in [9.17, 15) is 0 Å². The van der Waals surface area contributed by atoms with Crippen molar-refractivity contribution in [2.45, 2.75) is 19.4 Å². The second-order valence-corrected chi connectivity index (χ2v) is 4.96. The topological polar surface area (TPSA) is 12.0 Å². The molecule has 0 aliphatic carbocycles. The molecule has 0 radical (unpaired) electrons. The van der Waals surface area contributed by atoms with Gasteiger partial charge in [0.2, 0.25) is 0 Å². The standard InChI is InChI=1S/C12H15BrClN/c1-8(2)6-12(15-3)10-5-4-9(14)7-11(10)13/h4-5,7,12,15H,1,6H2,2-3H3. The number of nitrogens with one attached hydrogen (secondary N) is 1. The van der Waals surface area contributed by atoms with Crippen LogP contribution in [0.4, 0.5) is 0 Å². The van der Waals surface area contributed by atoms with Gasteiger partial charge in [0.25, 0.3) is 0 Å². The predicted octanol–water partition coefficient (Wildman–Crippen LogP) is 4.33. The van der Waals surface area contributed by atoms with E-state index < -0.39 is 0 Å². The van der Waals surface area contributed by atoms with Crippen LogP contribution in [0.2, 0.25) is 5.02 Å². The molecule has 0 saturated carbocycles. The molecule has 1 unspecified atom stereocenters. The van der Waals surface area contributed by atoms with E-state index >= 15 is 0 Å². The lowest BCUT2D eigenvalue weighted by atomic mass is 10.0. The quantitative estimate of drug-likeness (QED) is 0.813. The zero-order chi connectivity index (χ0) is 11.4. The molecule has 3 heteroatoms. The SMILES string of the molecule is C=C(C)CC(NC)c1ccc(Cl)cc1Br. The van der Waals surface area contributed by atoms with Crippen LogP contribution < -0.4 is 5.32 Å². The van der Waals surface area contributed by atoms with Gasteiger partial charge in [0.05, 0.1) is 0 Å². The van der Waals surface area contributed by atoms with Gasteiger partial charge < -0.3 is 5.32 Å². The Hall–Kier alpha value is -0.310. The van der Waals surface area contributed by atoms with Crippen molar-refractivity contribution in [3.8, 4) is 0 Å². The van der Waals surface area contributed by atoms with Crippen LogP contribution in [-0.4, -0.2) is 7.05 Å². The smallest absolute Gasteiger partial charge is 0.0417 e. The molecule has 82 valence electrons. The third-order valence-electron chi connectivity index (χ3n) is 2.24. The third-order valence-corrected chi connectivity index (χ3v) is 3.16. The Bertz CT molecular complexity index is 363. The van der Waals surface area contributed by atoms with Gasteiger partial charge in [-0.2, -0.15) is 0 Å². The van der Waals surface area contributed by atoms with Crippen molar-refractivity contribution in [2.75, 3.05) is 7.05 Å². The summed E-state index contributed by atoms with van der Waals surface area (Å²) in [6.45, 7) is 5.97. The average Bonchev–Trinajstić information content (AvgIpc) is 2.14. The summed E-state index contributed by atoms with van der Waals surface area (Å²) in [7, 11) is 1.95. The summed E-state index contributed by atoms with van der Waals surface area (Å²) < 4.78 is 1.04. The van der Waals surface area contributed by atoms with E-state index in [1.165, 1.54) is 5.56 Å². The summed E-state index contributed by atoms with van der Waals surface area (Å²) in [6.07, 6.45) is 0.927. The molecule has 1 aromatic rings. The fourth-order valence-electron chi connectivity index (χ4n) is 1.50. The van der Waals surface area contributed by atoms with Crippen molar-refractivity contribution >= 4 is 27.5 Å². The maximum atomic E-state index is 5.90. The molecule has 1 rings (SSSR count). The van der Waals surface area contributed by atoms with E-state index in [-0.39, 0.29) is 6.04 Å². The Morgan fingerprint density at radius 3 is 2.73 bits per heavy atom. The van der Waals surface area contributed by atoms with E-state index in [0.29, 0.717) is 0 Å². The first-order chi connectivity index (χ1) is 7.04. The minimum absolute atomic E-state index is 0.286. The summed E-state index contributed by atoms with van der Waals surface area (Å²) in [6, 6.07) is 6.15. The fourth-order valence-corrected chi connectivity index (χ4v) is 2.46. The molecule has 0 heterocycles. The molecule has 1 N–H and O–H groups in total. The molecule has 0 amide bonds. The lowest BCUT2D eigenvalue weighted by Gasteiger charge is -2.18. The summed E-state index contributed by atoms with van der Waals surface area (Å²) in [5.41, 5.74) is 2.38. The first-order valence-corrected chi connectivity index (χ1v) is 5.98. The zero-order valence-corrected chi connectivity index (χ0v) is 11.3. The molecule has 0 aromatic heterocycles. The van der Waals surface area contributed by atoms with Crippen LogP contribution in [0, 0.1) is 0 Å². The van der Waals surface area contributed by atoms with Gasteiger partial charge >= 0.3 is 0 Å². The Balaban J connectivity index is 2.96. The molecule has 1 aromatic carbocycles. The molecule has 0 bridgehead atoms. The van der Waals surface area contributed by atoms with Gasteiger partial charge in [0.15, 0.2) is 0 Å². The second kappa shape index (κ2) is 5.69. The number of rotatable bonds is 4. The number of hydrogen-bond donors (Lipinski definition) is 1. The Kier molecular flexibility index (Phi) is 4.84. The van der Waals surface area contributed by atoms with Crippen LogP contribution in [0.1, 0.15) is 24.9 Å². The van der Waals surface area contributed by atoms with Gasteiger partial charge in [-0.15, -0.1) is 6.58 Å². The Morgan fingerprint density at radius 1 is 1.60 bits per heavy atom. The minimum Gasteiger partial charge on any atom is -0.313 e. The van der Waals surface area contributed by atoms with Crippen LogP contribution in [0.3, 0.4) is 0 Å². The first-order valence-electron chi connectivity index (χ1n) is 4.81. The highest BCUT2D eigenvalue weighted by Crippen LogP contribution is 2.29. The van der Waals surface area contributed by atoms with Gasteiger partial charge in [-0.25, -0.2) is 0 Å². The molecule has 0 spiro atoms. The van der Waals surface area contributed by atoms with Crippen LogP contribution >= 0.6 is 27.5 Å². The second-order valence-electron chi connectivity index (χ2n) is 3.67. The molecular formula is C12H15BrClN. The lowest BCUT2D eigenvalue weighted by molar-refractivity contribution is 0.587. The summed E-state index contributed by atoms with van der Waals surface area (Å²) >= 11 is 9.43. The average molecular weight is 289 g/mol. The number of benzene rings is 1. The molecule has 15 heavy (non-hydrogen) atoms. The molecule has 1 atom stereocenters.